The summed E-state index contributed by atoms with van der Waals surface area (Å²) in [7, 11) is 0. The second kappa shape index (κ2) is 18.7. The van der Waals surface area contributed by atoms with Gasteiger partial charge < -0.3 is 24.0 Å². The average molecular weight is 1060 g/mol. The standard InChI is InChI=1S/C72H45BF2N4OS/c74-47-34-38-61-57(40-47)58-41-48(75)35-39-62(58)78(61)54-43-65-70-66(44-54)80-67-45-64(77(51-26-12-4-13-27-51)52-28-14-5-15-29-52)69-56-31-17-19-33-68(56)81-72(69)71(67)73(70)59-37-36-53(76(49-22-8-2-9-23-49)50-24-10-3-11-25-50)42-63(59)79(65)60-32-18-16-30-55(60)46-20-6-1-7-21-46/h1-45H. The fraction of sp³-hybridized carbons (Fsp3) is 0. The third kappa shape index (κ3) is 7.50. The van der Waals surface area contributed by atoms with E-state index >= 15 is 8.78 Å². The molecule has 2 aromatic heterocycles. The molecule has 12 aromatic carbocycles. The SMILES string of the molecule is Fc1ccc2c(c1)c1cc(F)ccc1n2-c1cc2c3c(c1)N(c1ccccc1-c1ccccc1)c1cc(N(c4ccccc4)c4ccccc4)ccc1B3c1c(cc(N(c3ccccc3)c3ccccc3)c3c1sc1ccccc13)O2. The van der Waals surface area contributed by atoms with Gasteiger partial charge in [0.1, 0.15) is 23.1 Å². The number of ether oxygens (including phenoxy) is 1. The fourth-order valence-electron chi connectivity index (χ4n) is 12.7. The van der Waals surface area contributed by atoms with E-state index in [0.29, 0.717) is 16.5 Å². The molecule has 0 saturated carbocycles. The summed E-state index contributed by atoms with van der Waals surface area (Å²) in [5.41, 5.74) is 16.6. The van der Waals surface area contributed by atoms with Crippen molar-refractivity contribution in [1.82, 2.24) is 4.57 Å². The number of fused-ring (bicyclic) bond motifs is 11. The van der Waals surface area contributed by atoms with E-state index in [2.05, 4.69) is 256 Å². The summed E-state index contributed by atoms with van der Waals surface area (Å²) in [6.45, 7) is -0.327. The van der Waals surface area contributed by atoms with Gasteiger partial charge in [0, 0.05) is 88.5 Å². The van der Waals surface area contributed by atoms with Gasteiger partial charge in [-0.1, -0.05) is 146 Å². The zero-order valence-electron chi connectivity index (χ0n) is 43.4. The number of rotatable bonds is 9. The number of hydrogen-bond acceptors (Lipinski definition) is 5. The van der Waals surface area contributed by atoms with E-state index in [1.54, 1.807) is 12.1 Å². The second-order valence-electron chi connectivity index (χ2n) is 20.7. The minimum absolute atomic E-state index is 0.327. The van der Waals surface area contributed by atoms with Crippen molar-refractivity contribution in [3.05, 3.63) is 285 Å². The third-order valence-electron chi connectivity index (χ3n) is 16.1. The van der Waals surface area contributed by atoms with Crippen molar-refractivity contribution >= 4 is 128 Å². The van der Waals surface area contributed by atoms with Crippen molar-refractivity contribution in [2.24, 2.45) is 0 Å². The Morgan fingerprint density at radius 2 is 0.951 bits per heavy atom. The first-order chi connectivity index (χ1) is 40.0. The Morgan fingerprint density at radius 3 is 1.58 bits per heavy atom. The molecule has 81 heavy (non-hydrogen) atoms. The maximum Gasteiger partial charge on any atom is 0.258 e. The quantitative estimate of drug-likeness (QED) is 0.134. The molecule has 0 saturated heterocycles. The maximum absolute atomic E-state index is 15.4. The van der Waals surface area contributed by atoms with Crippen LogP contribution in [0.2, 0.25) is 0 Å². The highest BCUT2D eigenvalue weighted by Gasteiger charge is 2.45. The number of aromatic nitrogens is 1. The Hall–Kier alpha value is -10.2. The van der Waals surface area contributed by atoms with Crippen molar-refractivity contribution in [2.45, 2.75) is 0 Å². The lowest BCUT2D eigenvalue weighted by Crippen LogP contribution is -2.59. The molecule has 0 N–H and O–H groups in total. The van der Waals surface area contributed by atoms with Gasteiger partial charge in [-0.05, 0) is 137 Å². The molecule has 0 unspecified atom stereocenters. The molecule has 0 fully saturated rings. The first kappa shape index (κ1) is 46.8. The lowest BCUT2D eigenvalue weighted by Gasteiger charge is -2.42. The Balaban J connectivity index is 1.05. The average Bonchev–Trinajstić information content (AvgIpc) is 4.26. The molecule has 0 amide bonds. The van der Waals surface area contributed by atoms with E-state index in [9.17, 15) is 0 Å². The largest absolute Gasteiger partial charge is 0.458 e. The summed E-state index contributed by atoms with van der Waals surface area (Å²) in [6.07, 6.45) is 0. The lowest BCUT2D eigenvalue weighted by atomic mass is 9.34. The summed E-state index contributed by atoms with van der Waals surface area (Å²) in [6, 6.07) is 93.3. The van der Waals surface area contributed by atoms with Gasteiger partial charge in [0.25, 0.3) is 6.71 Å². The summed E-state index contributed by atoms with van der Waals surface area (Å²) >= 11 is 1.81. The van der Waals surface area contributed by atoms with Crippen LogP contribution in [0.3, 0.4) is 0 Å². The van der Waals surface area contributed by atoms with Crippen LogP contribution >= 0.6 is 11.3 Å². The minimum Gasteiger partial charge on any atom is -0.458 e. The molecule has 2 aliphatic rings. The van der Waals surface area contributed by atoms with Gasteiger partial charge in [-0.3, -0.25) is 0 Å². The van der Waals surface area contributed by atoms with Crippen LogP contribution in [-0.4, -0.2) is 11.3 Å². The molecule has 0 bridgehead atoms. The number of anilines is 9. The van der Waals surface area contributed by atoms with Crippen molar-refractivity contribution < 1.29 is 13.5 Å². The lowest BCUT2D eigenvalue weighted by molar-refractivity contribution is 0.488. The van der Waals surface area contributed by atoms with E-state index in [1.807, 2.05) is 11.3 Å². The van der Waals surface area contributed by atoms with Gasteiger partial charge in [0.2, 0.25) is 0 Å². The van der Waals surface area contributed by atoms with Crippen LogP contribution < -0.4 is 35.8 Å². The van der Waals surface area contributed by atoms with Gasteiger partial charge in [0.15, 0.2) is 0 Å². The van der Waals surface area contributed by atoms with Gasteiger partial charge >= 0.3 is 0 Å². The van der Waals surface area contributed by atoms with Crippen LogP contribution in [-0.2, 0) is 0 Å². The molecule has 382 valence electrons. The van der Waals surface area contributed by atoms with Crippen LogP contribution in [0.4, 0.5) is 60.0 Å². The number of para-hydroxylation sites is 5. The van der Waals surface area contributed by atoms with E-state index in [4.69, 9.17) is 4.74 Å². The van der Waals surface area contributed by atoms with E-state index < -0.39 is 11.6 Å². The molecule has 2 aliphatic heterocycles. The smallest absolute Gasteiger partial charge is 0.258 e. The third-order valence-corrected chi connectivity index (χ3v) is 17.3. The molecule has 0 radical (unpaired) electrons. The van der Waals surface area contributed by atoms with E-state index in [1.165, 1.54) is 34.4 Å². The number of nitrogens with zero attached hydrogens (tertiary/aromatic N) is 4. The zero-order chi connectivity index (χ0) is 53.7. The van der Waals surface area contributed by atoms with Crippen LogP contribution in [0.1, 0.15) is 0 Å². The molecule has 0 aliphatic carbocycles. The van der Waals surface area contributed by atoms with Gasteiger partial charge in [0.05, 0.1) is 28.1 Å². The van der Waals surface area contributed by atoms with Gasteiger partial charge in [-0.25, -0.2) is 8.78 Å². The highest BCUT2D eigenvalue weighted by atomic mass is 32.1. The maximum atomic E-state index is 15.4. The number of hydrogen-bond donors (Lipinski definition) is 0. The van der Waals surface area contributed by atoms with Crippen LogP contribution in [0, 0.1) is 11.6 Å². The van der Waals surface area contributed by atoms with Crippen molar-refractivity contribution in [3.8, 4) is 28.3 Å². The number of benzene rings is 12. The first-order valence-corrected chi connectivity index (χ1v) is 28.0. The molecular weight excluding hydrogens is 1020 g/mol. The van der Waals surface area contributed by atoms with Gasteiger partial charge in [-0.2, -0.15) is 0 Å². The summed E-state index contributed by atoms with van der Waals surface area (Å²) < 4.78 is 43.0. The Kier molecular flexibility index (Phi) is 10.8. The molecule has 0 atom stereocenters. The summed E-state index contributed by atoms with van der Waals surface area (Å²) in [5.74, 6) is 0.641. The van der Waals surface area contributed by atoms with Crippen LogP contribution in [0.5, 0.6) is 11.5 Å². The normalized spacial score (nSPS) is 12.4. The van der Waals surface area contributed by atoms with E-state index in [-0.39, 0.29) is 6.71 Å². The topological polar surface area (TPSA) is 23.9 Å². The van der Waals surface area contributed by atoms with Crippen LogP contribution in [0.15, 0.2) is 273 Å². The highest BCUT2D eigenvalue weighted by molar-refractivity contribution is 7.28. The fourth-order valence-corrected chi connectivity index (χ4v) is 14.0. The molecular formula is C72H45BF2N4OS. The Labute approximate surface area is 470 Å². The van der Waals surface area contributed by atoms with E-state index in [0.717, 1.165) is 111 Å². The minimum atomic E-state index is -0.395. The van der Waals surface area contributed by atoms with Crippen LogP contribution in [0.25, 0.3) is 58.8 Å². The van der Waals surface area contributed by atoms with Crippen molar-refractivity contribution in [3.63, 3.8) is 0 Å². The number of halogens is 2. The predicted octanol–water partition coefficient (Wildman–Crippen LogP) is 18.4. The molecule has 5 nitrogen and oxygen atoms in total. The predicted molar refractivity (Wildman–Crippen MR) is 334 cm³/mol. The molecule has 4 heterocycles. The molecule has 0 spiro atoms. The summed E-state index contributed by atoms with van der Waals surface area (Å²) in [5, 5.41) is 3.54. The second-order valence-corrected chi connectivity index (χ2v) is 21.7. The molecule has 14 aromatic rings. The van der Waals surface area contributed by atoms with Gasteiger partial charge in [-0.15, -0.1) is 11.3 Å². The monoisotopic (exact) mass is 1060 g/mol. The Morgan fingerprint density at radius 1 is 0.407 bits per heavy atom. The van der Waals surface area contributed by atoms with Crippen molar-refractivity contribution in [2.75, 3.05) is 14.7 Å². The summed E-state index contributed by atoms with van der Waals surface area (Å²) in [4.78, 5) is 7.11. The molecule has 16 rings (SSSR count). The van der Waals surface area contributed by atoms with Crippen molar-refractivity contribution in [1.29, 1.82) is 0 Å². The number of thiophene rings is 1. The highest BCUT2D eigenvalue weighted by Crippen LogP contribution is 2.52. The first-order valence-electron chi connectivity index (χ1n) is 27.1. The molecule has 9 heteroatoms. The zero-order valence-corrected chi connectivity index (χ0v) is 44.2. The Bertz CT molecular complexity index is 4650.